The first-order chi connectivity index (χ1) is 13.5. The average molecular weight is 376 g/mol. The Labute approximate surface area is 165 Å². The molecule has 2 aromatic carbocycles. The predicted octanol–water partition coefficient (Wildman–Crippen LogP) is 4.42. The second-order valence-electron chi connectivity index (χ2n) is 6.41. The van der Waals surface area contributed by atoms with Crippen LogP contribution in [0.15, 0.2) is 60.7 Å². The maximum Gasteiger partial charge on any atom is 0.270 e. The zero-order valence-corrected chi connectivity index (χ0v) is 16.3. The molecule has 0 saturated heterocycles. The summed E-state index contributed by atoms with van der Waals surface area (Å²) in [6.45, 7) is 6.34. The molecule has 6 nitrogen and oxygen atoms in total. The van der Waals surface area contributed by atoms with Crippen molar-refractivity contribution in [2.24, 2.45) is 0 Å². The molecule has 0 spiro atoms. The lowest BCUT2D eigenvalue weighted by Crippen LogP contribution is -2.27. The minimum atomic E-state index is -0.239. The lowest BCUT2D eigenvalue weighted by molar-refractivity contribution is 0.0934. The summed E-state index contributed by atoms with van der Waals surface area (Å²) in [5, 5.41) is 6.12. The van der Waals surface area contributed by atoms with E-state index in [1.54, 1.807) is 6.07 Å². The molecular formula is C22H24N4O2. The van der Waals surface area contributed by atoms with Crippen LogP contribution in [0.5, 0.6) is 5.75 Å². The topological polar surface area (TPSA) is 76.1 Å². The van der Waals surface area contributed by atoms with Crippen LogP contribution in [0.3, 0.4) is 0 Å². The number of carbonyl (C=O) groups is 1. The first kappa shape index (κ1) is 19.4. The largest absolute Gasteiger partial charge is 0.494 e. The molecule has 1 atom stereocenters. The Balaban J connectivity index is 1.72. The number of carbonyl (C=O) groups excluding carboxylic acids is 1. The molecule has 6 heteroatoms. The fraction of sp³-hybridized carbons (Fsp3) is 0.227. The number of benzene rings is 2. The van der Waals surface area contributed by atoms with Crippen LogP contribution < -0.4 is 15.4 Å². The predicted molar refractivity (Wildman–Crippen MR) is 110 cm³/mol. The maximum absolute atomic E-state index is 12.7. The second-order valence-corrected chi connectivity index (χ2v) is 6.41. The zero-order valence-electron chi connectivity index (χ0n) is 16.3. The van der Waals surface area contributed by atoms with Crippen LogP contribution in [0.25, 0.3) is 0 Å². The van der Waals surface area contributed by atoms with E-state index in [0.29, 0.717) is 23.9 Å². The molecule has 28 heavy (non-hydrogen) atoms. The van der Waals surface area contributed by atoms with Crippen molar-refractivity contribution in [1.29, 1.82) is 0 Å². The quantitative estimate of drug-likeness (QED) is 0.638. The number of hydrogen-bond acceptors (Lipinski definition) is 5. The van der Waals surface area contributed by atoms with E-state index in [0.717, 1.165) is 17.0 Å². The van der Waals surface area contributed by atoms with Crippen molar-refractivity contribution in [1.82, 2.24) is 15.3 Å². The molecule has 2 N–H and O–H groups in total. The van der Waals surface area contributed by atoms with Crippen LogP contribution in [0.2, 0.25) is 0 Å². The molecule has 0 aliphatic carbocycles. The molecule has 0 aliphatic heterocycles. The van der Waals surface area contributed by atoms with E-state index in [2.05, 4.69) is 20.6 Å². The number of ether oxygens (including phenoxy) is 1. The normalized spacial score (nSPS) is 11.5. The molecule has 1 unspecified atom stereocenters. The summed E-state index contributed by atoms with van der Waals surface area (Å²) in [7, 11) is 0. The molecule has 0 saturated carbocycles. The molecule has 0 aliphatic rings. The number of amides is 1. The van der Waals surface area contributed by atoms with Crippen molar-refractivity contribution in [2.75, 3.05) is 11.9 Å². The van der Waals surface area contributed by atoms with Crippen molar-refractivity contribution >= 4 is 17.5 Å². The van der Waals surface area contributed by atoms with Gasteiger partial charge in [-0.15, -0.1) is 0 Å². The van der Waals surface area contributed by atoms with Gasteiger partial charge in [-0.1, -0.05) is 30.3 Å². The average Bonchev–Trinajstić information content (AvgIpc) is 2.70. The van der Waals surface area contributed by atoms with E-state index in [1.165, 1.54) is 0 Å². The molecule has 0 fully saturated rings. The Bertz CT molecular complexity index is 927. The van der Waals surface area contributed by atoms with Gasteiger partial charge in [0, 0.05) is 11.4 Å². The third-order valence-corrected chi connectivity index (χ3v) is 4.16. The lowest BCUT2D eigenvalue weighted by Gasteiger charge is -2.14. The second kappa shape index (κ2) is 8.99. The SMILES string of the molecule is CCOc1ccc(Nc2nc(C)cc(C(=O)NC(C)c3ccccc3)n2)cc1. The van der Waals surface area contributed by atoms with Gasteiger partial charge in [-0.05, 0) is 56.7 Å². The summed E-state index contributed by atoms with van der Waals surface area (Å²) in [4.78, 5) is 21.4. The lowest BCUT2D eigenvalue weighted by atomic mass is 10.1. The van der Waals surface area contributed by atoms with Crippen molar-refractivity contribution in [3.8, 4) is 5.75 Å². The van der Waals surface area contributed by atoms with E-state index >= 15 is 0 Å². The number of rotatable bonds is 7. The van der Waals surface area contributed by atoms with Gasteiger partial charge < -0.3 is 15.4 Å². The van der Waals surface area contributed by atoms with Gasteiger partial charge in [0.1, 0.15) is 11.4 Å². The Morgan fingerprint density at radius 3 is 2.46 bits per heavy atom. The molecule has 0 radical (unpaired) electrons. The third kappa shape index (κ3) is 5.07. The number of anilines is 2. The molecule has 0 bridgehead atoms. The van der Waals surface area contributed by atoms with Crippen LogP contribution in [-0.2, 0) is 0 Å². The Morgan fingerprint density at radius 1 is 1.07 bits per heavy atom. The van der Waals surface area contributed by atoms with Gasteiger partial charge in [0.15, 0.2) is 0 Å². The van der Waals surface area contributed by atoms with Crippen LogP contribution >= 0.6 is 0 Å². The summed E-state index contributed by atoms with van der Waals surface area (Å²) < 4.78 is 5.44. The summed E-state index contributed by atoms with van der Waals surface area (Å²) in [5.41, 5.74) is 2.89. The highest BCUT2D eigenvalue weighted by Gasteiger charge is 2.14. The molecule has 1 amide bonds. The van der Waals surface area contributed by atoms with E-state index in [4.69, 9.17) is 4.74 Å². The molecule has 1 aromatic heterocycles. The standard InChI is InChI=1S/C22H24N4O2/c1-4-28-19-12-10-18(11-13-19)25-22-23-15(2)14-20(26-22)21(27)24-16(3)17-8-6-5-7-9-17/h5-14,16H,4H2,1-3H3,(H,24,27)(H,23,25,26). The molecule has 3 aromatic rings. The highest BCUT2D eigenvalue weighted by molar-refractivity contribution is 5.93. The maximum atomic E-state index is 12.7. The van der Waals surface area contributed by atoms with Crippen LogP contribution in [0.1, 0.15) is 41.6 Å². The smallest absolute Gasteiger partial charge is 0.270 e. The number of aromatic nitrogens is 2. The Hall–Kier alpha value is -3.41. The van der Waals surface area contributed by atoms with Gasteiger partial charge in [0.25, 0.3) is 5.91 Å². The highest BCUT2D eigenvalue weighted by Crippen LogP contribution is 2.19. The summed E-state index contributed by atoms with van der Waals surface area (Å²) in [6, 6.07) is 18.9. The summed E-state index contributed by atoms with van der Waals surface area (Å²) >= 11 is 0. The van der Waals surface area contributed by atoms with Gasteiger partial charge in [-0.3, -0.25) is 4.79 Å². The van der Waals surface area contributed by atoms with Gasteiger partial charge in [-0.2, -0.15) is 0 Å². The minimum absolute atomic E-state index is 0.119. The van der Waals surface area contributed by atoms with Crippen LogP contribution in [-0.4, -0.2) is 22.5 Å². The third-order valence-electron chi connectivity index (χ3n) is 4.16. The Morgan fingerprint density at radius 2 is 1.79 bits per heavy atom. The first-order valence-electron chi connectivity index (χ1n) is 9.26. The molecule has 3 rings (SSSR count). The van der Waals surface area contributed by atoms with Crippen LogP contribution in [0.4, 0.5) is 11.6 Å². The van der Waals surface area contributed by atoms with E-state index in [-0.39, 0.29) is 11.9 Å². The van der Waals surface area contributed by atoms with Crippen LogP contribution in [0, 0.1) is 6.92 Å². The van der Waals surface area contributed by atoms with Gasteiger partial charge >= 0.3 is 0 Å². The van der Waals surface area contributed by atoms with E-state index in [1.807, 2.05) is 75.4 Å². The molecule has 1 heterocycles. The van der Waals surface area contributed by atoms with E-state index < -0.39 is 0 Å². The highest BCUT2D eigenvalue weighted by atomic mass is 16.5. The van der Waals surface area contributed by atoms with Crippen molar-refractivity contribution in [3.05, 3.63) is 77.6 Å². The zero-order chi connectivity index (χ0) is 19.9. The monoisotopic (exact) mass is 376 g/mol. The fourth-order valence-electron chi connectivity index (χ4n) is 2.77. The van der Waals surface area contributed by atoms with Gasteiger partial charge in [0.05, 0.1) is 12.6 Å². The van der Waals surface area contributed by atoms with Crippen molar-refractivity contribution in [2.45, 2.75) is 26.8 Å². The number of nitrogens with zero attached hydrogens (tertiary/aromatic N) is 2. The number of nitrogens with one attached hydrogen (secondary N) is 2. The molecule has 144 valence electrons. The van der Waals surface area contributed by atoms with Gasteiger partial charge in [-0.25, -0.2) is 9.97 Å². The molecular weight excluding hydrogens is 352 g/mol. The van der Waals surface area contributed by atoms with E-state index in [9.17, 15) is 4.79 Å². The fourth-order valence-corrected chi connectivity index (χ4v) is 2.77. The van der Waals surface area contributed by atoms with Crippen molar-refractivity contribution in [3.63, 3.8) is 0 Å². The summed E-state index contributed by atoms with van der Waals surface area (Å²) in [6.07, 6.45) is 0. The number of aryl methyl sites for hydroxylation is 1. The minimum Gasteiger partial charge on any atom is -0.494 e. The first-order valence-corrected chi connectivity index (χ1v) is 9.26. The van der Waals surface area contributed by atoms with Crippen molar-refractivity contribution < 1.29 is 9.53 Å². The Kier molecular flexibility index (Phi) is 6.22. The van der Waals surface area contributed by atoms with Gasteiger partial charge in [0.2, 0.25) is 5.95 Å². The number of hydrogen-bond donors (Lipinski definition) is 2. The summed E-state index contributed by atoms with van der Waals surface area (Å²) in [5.74, 6) is 0.937.